The number of nitrogens with zero attached hydrogens (tertiary/aromatic N) is 2. The standard InChI is InChI=1S/C18H22N4O4S2/c19-16(23)11-5-7-22(8-6-11)17(24)12-1-3-13(4-2-12)20-18-21-14-9-28(25,26)10-15(14)27-18/h1-4,11,14-15H,5-10H2,(H2,19,23)(H,20,21)/t14-,15+/m1/s1. The predicted molar refractivity (Wildman–Crippen MR) is 109 cm³/mol. The molecule has 8 nitrogen and oxygen atoms in total. The molecule has 0 unspecified atom stereocenters. The number of nitrogens with two attached hydrogens (primary N) is 1. The van der Waals surface area contributed by atoms with Crippen LogP contribution in [0.25, 0.3) is 0 Å². The van der Waals surface area contributed by atoms with E-state index in [1.165, 1.54) is 11.8 Å². The van der Waals surface area contributed by atoms with Crippen LogP contribution in [0.5, 0.6) is 0 Å². The van der Waals surface area contributed by atoms with Gasteiger partial charge < -0.3 is 16.0 Å². The van der Waals surface area contributed by atoms with Gasteiger partial charge in [0.05, 0.1) is 17.5 Å². The molecular formula is C18H22N4O4S2. The number of carbonyl (C=O) groups is 2. The van der Waals surface area contributed by atoms with E-state index >= 15 is 0 Å². The first-order valence-electron chi connectivity index (χ1n) is 9.21. The summed E-state index contributed by atoms with van der Waals surface area (Å²) in [6.45, 7) is 1.07. The number of fused-ring (bicyclic) bond motifs is 1. The van der Waals surface area contributed by atoms with E-state index in [0.717, 1.165) is 10.9 Å². The lowest BCUT2D eigenvalue weighted by Crippen LogP contribution is -2.41. The molecule has 3 N–H and O–H groups in total. The first-order chi connectivity index (χ1) is 13.3. The SMILES string of the molecule is NC(=O)C1CCN(C(=O)c2ccc(NC3=N[C@@H]4CS(=O)(=O)C[C@@H]4S3)cc2)CC1. The molecule has 2 atom stereocenters. The van der Waals surface area contributed by atoms with Crippen molar-refractivity contribution in [2.75, 3.05) is 29.9 Å². The summed E-state index contributed by atoms with van der Waals surface area (Å²) in [5.74, 6) is -0.194. The number of thioether (sulfide) groups is 1. The number of primary amides is 1. The molecule has 0 bridgehead atoms. The fourth-order valence-corrected chi connectivity index (χ4v) is 7.46. The molecule has 3 heterocycles. The number of amides is 2. The van der Waals surface area contributed by atoms with Gasteiger partial charge in [-0.05, 0) is 37.1 Å². The zero-order valence-corrected chi connectivity index (χ0v) is 16.8. The highest BCUT2D eigenvalue weighted by Gasteiger charge is 2.42. The molecule has 10 heteroatoms. The third kappa shape index (κ3) is 4.02. The molecule has 3 aliphatic heterocycles. The van der Waals surface area contributed by atoms with E-state index in [2.05, 4.69) is 10.3 Å². The van der Waals surface area contributed by atoms with Crippen molar-refractivity contribution in [1.29, 1.82) is 0 Å². The second kappa shape index (κ2) is 7.40. The summed E-state index contributed by atoms with van der Waals surface area (Å²) in [6, 6.07) is 6.99. The maximum Gasteiger partial charge on any atom is 0.253 e. The fraction of sp³-hybridized carbons (Fsp3) is 0.500. The number of sulfone groups is 1. The van der Waals surface area contributed by atoms with Crippen LogP contribution >= 0.6 is 11.8 Å². The van der Waals surface area contributed by atoms with Crippen molar-refractivity contribution in [3.05, 3.63) is 29.8 Å². The van der Waals surface area contributed by atoms with Gasteiger partial charge in [-0.25, -0.2) is 8.42 Å². The molecule has 3 aliphatic rings. The molecule has 150 valence electrons. The van der Waals surface area contributed by atoms with Crippen molar-refractivity contribution in [2.24, 2.45) is 16.6 Å². The second-order valence-electron chi connectivity index (χ2n) is 7.41. The fourth-order valence-electron chi connectivity index (χ4n) is 3.79. The number of anilines is 1. The monoisotopic (exact) mass is 422 g/mol. The van der Waals surface area contributed by atoms with Gasteiger partial charge >= 0.3 is 0 Å². The zero-order valence-electron chi connectivity index (χ0n) is 15.2. The molecule has 1 aromatic carbocycles. The van der Waals surface area contributed by atoms with Gasteiger partial charge in [0.2, 0.25) is 5.91 Å². The summed E-state index contributed by atoms with van der Waals surface area (Å²) < 4.78 is 23.3. The highest BCUT2D eigenvalue weighted by molar-refractivity contribution is 8.15. The number of hydrogen-bond donors (Lipinski definition) is 2. The summed E-state index contributed by atoms with van der Waals surface area (Å²) in [5.41, 5.74) is 6.73. The number of rotatable bonds is 3. The Hall–Kier alpha value is -2.07. The minimum Gasteiger partial charge on any atom is -0.369 e. The second-order valence-corrected chi connectivity index (χ2v) is 10.8. The molecule has 1 aromatic rings. The lowest BCUT2D eigenvalue weighted by molar-refractivity contribution is -0.123. The van der Waals surface area contributed by atoms with Gasteiger partial charge in [-0.15, -0.1) is 0 Å². The normalized spacial score (nSPS) is 26.6. The number of nitrogens with one attached hydrogen (secondary N) is 1. The first kappa shape index (κ1) is 19.3. The summed E-state index contributed by atoms with van der Waals surface area (Å²) in [6.07, 6.45) is 1.21. The van der Waals surface area contributed by atoms with Crippen LogP contribution in [0.3, 0.4) is 0 Å². The summed E-state index contributed by atoms with van der Waals surface area (Å²) in [4.78, 5) is 30.1. The zero-order chi connectivity index (χ0) is 19.9. The Kier molecular flexibility index (Phi) is 5.09. The average molecular weight is 423 g/mol. The van der Waals surface area contributed by atoms with E-state index in [9.17, 15) is 18.0 Å². The Bertz CT molecular complexity index is 921. The average Bonchev–Trinajstić information content (AvgIpc) is 3.14. The van der Waals surface area contributed by atoms with E-state index in [1.54, 1.807) is 17.0 Å². The Labute approximate surface area is 167 Å². The lowest BCUT2D eigenvalue weighted by atomic mass is 9.96. The van der Waals surface area contributed by atoms with Crippen LogP contribution in [0.1, 0.15) is 23.2 Å². The minimum atomic E-state index is -2.96. The number of piperidine rings is 1. The van der Waals surface area contributed by atoms with Crippen LogP contribution in [-0.2, 0) is 14.6 Å². The molecule has 4 rings (SSSR count). The Balaban J connectivity index is 1.35. The Morgan fingerprint density at radius 3 is 2.43 bits per heavy atom. The topological polar surface area (TPSA) is 122 Å². The van der Waals surface area contributed by atoms with Crippen LogP contribution in [0.15, 0.2) is 29.3 Å². The Morgan fingerprint density at radius 2 is 1.82 bits per heavy atom. The van der Waals surface area contributed by atoms with Crippen LogP contribution < -0.4 is 11.1 Å². The molecule has 2 amide bonds. The third-order valence-corrected chi connectivity index (χ3v) is 8.53. The summed E-state index contributed by atoms with van der Waals surface area (Å²) >= 11 is 1.46. The molecule has 0 aromatic heterocycles. The van der Waals surface area contributed by atoms with Gasteiger partial charge in [-0.3, -0.25) is 14.6 Å². The minimum absolute atomic E-state index is 0.00307. The number of aliphatic imine (C=N–C) groups is 1. The maximum atomic E-state index is 12.6. The van der Waals surface area contributed by atoms with Crippen LogP contribution in [-0.4, -0.2) is 66.2 Å². The van der Waals surface area contributed by atoms with Gasteiger partial charge in [0.1, 0.15) is 0 Å². The number of carbonyl (C=O) groups excluding carboxylic acids is 2. The quantitative estimate of drug-likeness (QED) is 0.740. The molecule has 2 fully saturated rings. The molecule has 2 saturated heterocycles. The van der Waals surface area contributed by atoms with E-state index in [4.69, 9.17) is 5.73 Å². The maximum absolute atomic E-state index is 12.6. The van der Waals surface area contributed by atoms with Crippen molar-refractivity contribution in [1.82, 2.24) is 4.90 Å². The number of hydrogen-bond acceptors (Lipinski definition) is 7. The molecule has 28 heavy (non-hydrogen) atoms. The van der Waals surface area contributed by atoms with E-state index in [-0.39, 0.29) is 40.5 Å². The largest absolute Gasteiger partial charge is 0.369 e. The van der Waals surface area contributed by atoms with Gasteiger partial charge in [0.25, 0.3) is 5.91 Å². The van der Waals surface area contributed by atoms with E-state index in [1.807, 2.05) is 12.1 Å². The highest BCUT2D eigenvalue weighted by Crippen LogP contribution is 2.34. The number of amidine groups is 1. The molecule has 0 spiro atoms. The van der Waals surface area contributed by atoms with Crippen molar-refractivity contribution < 1.29 is 18.0 Å². The van der Waals surface area contributed by atoms with Gasteiger partial charge in [0, 0.05) is 35.5 Å². The van der Waals surface area contributed by atoms with Gasteiger partial charge in [-0.1, -0.05) is 11.8 Å². The van der Waals surface area contributed by atoms with Crippen LogP contribution in [0, 0.1) is 5.92 Å². The third-order valence-electron chi connectivity index (χ3n) is 5.39. The first-order valence-corrected chi connectivity index (χ1v) is 11.9. The van der Waals surface area contributed by atoms with Crippen LogP contribution in [0.2, 0.25) is 0 Å². The summed E-state index contributed by atoms with van der Waals surface area (Å²) in [5, 5.41) is 3.92. The molecule has 0 saturated carbocycles. The molecule has 0 radical (unpaired) electrons. The smallest absolute Gasteiger partial charge is 0.253 e. The number of likely N-dealkylation sites (tertiary alicyclic amines) is 1. The molecular weight excluding hydrogens is 400 g/mol. The van der Waals surface area contributed by atoms with Gasteiger partial charge in [0.15, 0.2) is 15.0 Å². The van der Waals surface area contributed by atoms with Crippen molar-refractivity contribution >= 4 is 44.3 Å². The van der Waals surface area contributed by atoms with Crippen molar-refractivity contribution in [3.63, 3.8) is 0 Å². The van der Waals surface area contributed by atoms with Crippen molar-refractivity contribution in [3.8, 4) is 0 Å². The predicted octanol–water partition coefficient (Wildman–Crippen LogP) is 0.704. The lowest BCUT2D eigenvalue weighted by Gasteiger charge is -2.30. The highest BCUT2D eigenvalue weighted by atomic mass is 32.2. The van der Waals surface area contributed by atoms with E-state index < -0.39 is 9.84 Å². The van der Waals surface area contributed by atoms with Crippen LogP contribution in [0.4, 0.5) is 5.69 Å². The van der Waals surface area contributed by atoms with Crippen molar-refractivity contribution in [2.45, 2.75) is 24.1 Å². The summed E-state index contributed by atoms with van der Waals surface area (Å²) in [7, 11) is -2.96. The van der Waals surface area contributed by atoms with Gasteiger partial charge in [-0.2, -0.15) is 0 Å². The Morgan fingerprint density at radius 1 is 1.14 bits per heavy atom. The number of benzene rings is 1. The molecule has 0 aliphatic carbocycles. The van der Waals surface area contributed by atoms with E-state index in [0.29, 0.717) is 31.5 Å².